The maximum atomic E-state index is 12.2. The molecule has 1 amide bonds. The van der Waals surface area contributed by atoms with Crippen LogP contribution in [0.3, 0.4) is 0 Å². The van der Waals surface area contributed by atoms with Gasteiger partial charge in [0, 0.05) is 19.0 Å². The van der Waals surface area contributed by atoms with Crippen molar-refractivity contribution in [3.05, 3.63) is 58.5 Å². The van der Waals surface area contributed by atoms with Gasteiger partial charge in [0.1, 0.15) is 5.76 Å². The van der Waals surface area contributed by atoms with Crippen molar-refractivity contribution >= 4 is 18.3 Å². The monoisotopic (exact) mass is 334 g/mol. The first-order valence-electron chi connectivity index (χ1n) is 7.87. The number of halogens is 1. The molecule has 1 aromatic heterocycles. The summed E-state index contributed by atoms with van der Waals surface area (Å²) in [6.45, 7) is 5.50. The third-order valence-corrected chi connectivity index (χ3v) is 4.25. The molecule has 5 heteroatoms. The summed E-state index contributed by atoms with van der Waals surface area (Å²) in [4.78, 5) is 12.2. The quantitative estimate of drug-likeness (QED) is 0.902. The lowest BCUT2D eigenvalue weighted by atomic mass is 9.94. The molecular weight excluding hydrogens is 312 g/mol. The Morgan fingerprint density at radius 3 is 2.91 bits per heavy atom. The van der Waals surface area contributed by atoms with Crippen LogP contribution in [-0.2, 0) is 12.8 Å². The molecule has 1 aliphatic heterocycles. The third-order valence-electron chi connectivity index (χ3n) is 4.25. The number of rotatable bonds is 4. The summed E-state index contributed by atoms with van der Waals surface area (Å²) in [5.41, 5.74) is 3.68. The molecule has 0 radical (unpaired) electrons. The molecule has 4 nitrogen and oxygen atoms in total. The number of furan rings is 1. The zero-order valence-electron chi connectivity index (χ0n) is 13.5. The van der Waals surface area contributed by atoms with Crippen LogP contribution in [0.5, 0.6) is 0 Å². The molecule has 0 spiro atoms. The van der Waals surface area contributed by atoms with Crippen molar-refractivity contribution in [1.82, 2.24) is 10.6 Å². The van der Waals surface area contributed by atoms with Crippen LogP contribution in [0.1, 0.15) is 46.0 Å². The van der Waals surface area contributed by atoms with Gasteiger partial charge >= 0.3 is 0 Å². The molecule has 1 unspecified atom stereocenters. The molecule has 0 saturated heterocycles. The number of nitrogens with one attached hydrogen (secondary N) is 2. The zero-order chi connectivity index (χ0) is 15.5. The predicted octanol–water partition coefficient (Wildman–Crippen LogP) is 3.19. The number of carbonyl (C=O) groups is 1. The standard InChI is InChI=1S/C18H22N2O2.ClH/c1-3-16-12(2)10-17(22-16)18(21)20-11-15-14-7-5-4-6-13(14)8-9-19-15;/h4-7,10,15,19H,3,8-9,11H2,1-2H3,(H,20,21);1H. The van der Waals surface area contributed by atoms with Crippen molar-refractivity contribution in [2.45, 2.75) is 32.7 Å². The van der Waals surface area contributed by atoms with E-state index in [2.05, 4.69) is 28.8 Å². The summed E-state index contributed by atoms with van der Waals surface area (Å²) in [6, 6.07) is 10.4. The highest BCUT2D eigenvalue weighted by Gasteiger charge is 2.21. The first-order chi connectivity index (χ1) is 10.7. The Kier molecular flexibility index (Phi) is 5.85. The number of amides is 1. The minimum atomic E-state index is -0.146. The summed E-state index contributed by atoms with van der Waals surface area (Å²) < 4.78 is 5.60. The van der Waals surface area contributed by atoms with E-state index < -0.39 is 0 Å². The first-order valence-corrected chi connectivity index (χ1v) is 7.87. The molecule has 0 saturated carbocycles. The van der Waals surface area contributed by atoms with Gasteiger partial charge in [-0.05, 0) is 42.6 Å². The summed E-state index contributed by atoms with van der Waals surface area (Å²) >= 11 is 0. The maximum absolute atomic E-state index is 12.2. The van der Waals surface area contributed by atoms with E-state index in [9.17, 15) is 4.79 Å². The lowest BCUT2D eigenvalue weighted by molar-refractivity contribution is 0.0919. The molecule has 0 fully saturated rings. The molecule has 2 heterocycles. The molecular formula is C18H23ClN2O2. The zero-order valence-corrected chi connectivity index (χ0v) is 14.3. The molecule has 0 bridgehead atoms. The number of fused-ring (bicyclic) bond motifs is 1. The summed E-state index contributed by atoms with van der Waals surface area (Å²) in [7, 11) is 0. The summed E-state index contributed by atoms with van der Waals surface area (Å²) in [5.74, 6) is 1.14. The Labute approximate surface area is 143 Å². The van der Waals surface area contributed by atoms with E-state index >= 15 is 0 Å². The van der Waals surface area contributed by atoms with Gasteiger partial charge in [-0.3, -0.25) is 4.79 Å². The molecule has 3 rings (SSSR count). The van der Waals surface area contributed by atoms with E-state index in [1.165, 1.54) is 11.1 Å². The van der Waals surface area contributed by atoms with Crippen LogP contribution in [0.4, 0.5) is 0 Å². The predicted molar refractivity (Wildman–Crippen MR) is 93.3 cm³/mol. The topological polar surface area (TPSA) is 54.3 Å². The maximum Gasteiger partial charge on any atom is 0.287 e. The van der Waals surface area contributed by atoms with Crippen molar-refractivity contribution in [1.29, 1.82) is 0 Å². The fourth-order valence-electron chi connectivity index (χ4n) is 3.04. The Morgan fingerprint density at radius 1 is 1.39 bits per heavy atom. The molecule has 1 atom stereocenters. The van der Waals surface area contributed by atoms with E-state index in [-0.39, 0.29) is 24.4 Å². The van der Waals surface area contributed by atoms with Gasteiger partial charge in [-0.1, -0.05) is 31.2 Å². The highest BCUT2D eigenvalue weighted by atomic mass is 35.5. The number of aryl methyl sites for hydroxylation is 2. The van der Waals surface area contributed by atoms with Crippen LogP contribution in [0, 0.1) is 6.92 Å². The number of hydrogen-bond donors (Lipinski definition) is 2. The van der Waals surface area contributed by atoms with Gasteiger partial charge in [0.2, 0.25) is 0 Å². The van der Waals surface area contributed by atoms with Gasteiger partial charge in [-0.15, -0.1) is 12.4 Å². The fourth-order valence-corrected chi connectivity index (χ4v) is 3.04. The Morgan fingerprint density at radius 2 is 2.17 bits per heavy atom. The van der Waals surface area contributed by atoms with Gasteiger partial charge in [0.05, 0.1) is 0 Å². The van der Waals surface area contributed by atoms with Gasteiger partial charge in [-0.25, -0.2) is 0 Å². The normalized spacial score (nSPS) is 16.3. The van der Waals surface area contributed by atoms with E-state index in [1.54, 1.807) is 0 Å². The average Bonchev–Trinajstić information content (AvgIpc) is 2.93. The lowest BCUT2D eigenvalue weighted by Gasteiger charge is -2.27. The van der Waals surface area contributed by atoms with Crippen LogP contribution in [-0.4, -0.2) is 19.0 Å². The Bertz CT molecular complexity index is 681. The molecule has 0 aliphatic carbocycles. The molecule has 124 valence electrons. The SMILES string of the molecule is CCc1oc(C(=O)NCC2NCCc3ccccc32)cc1C.Cl. The second-order valence-electron chi connectivity index (χ2n) is 5.74. The van der Waals surface area contributed by atoms with Crippen molar-refractivity contribution in [2.75, 3.05) is 13.1 Å². The minimum Gasteiger partial charge on any atom is -0.456 e. The van der Waals surface area contributed by atoms with Crippen molar-refractivity contribution < 1.29 is 9.21 Å². The van der Waals surface area contributed by atoms with E-state index in [1.807, 2.05) is 26.0 Å². The Hall–Kier alpha value is -1.78. The second-order valence-corrected chi connectivity index (χ2v) is 5.74. The molecule has 2 aromatic rings. The molecule has 23 heavy (non-hydrogen) atoms. The van der Waals surface area contributed by atoms with Gasteiger partial charge in [0.15, 0.2) is 5.76 Å². The lowest BCUT2D eigenvalue weighted by Crippen LogP contribution is -2.38. The van der Waals surface area contributed by atoms with Gasteiger partial charge < -0.3 is 15.1 Å². The van der Waals surface area contributed by atoms with Crippen LogP contribution in [0.15, 0.2) is 34.7 Å². The van der Waals surface area contributed by atoms with E-state index in [0.717, 1.165) is 30.7 Å². The fraction of sp³-hybridized carbons (Fsp3) is 0.389. The first kappa shape index (κ1) is 17.6. The number of benzene rings is 1. The summed E-state index contributed by atoms with van der Waals surface area (Å²) in [5, 5.41) is 6.44. The Balaban J connectivity index is 0.00000192. The van der Waals surface area contributed by atoms with Gasteiger partial charge in [0.25, 0.3) is 5.91 Å². The van der Waals surface area contributed by atoms with Crippen molar-refractivity contribution in [3.63, 3.8) is 0 Å². The minimum absolute atomic E-state index is 0. The van der Waals surface area contributed by atoms with Crippen LogP contribution in [0.2, 0.25) is 0 Å². The number of carbonyl (C=O) groups excluding carboxylic acids is 1. The molecule has 1 aromatic carbocycles. The second kappa shape index (κ2) is 7.66. The van der Waals surface area contributed by atoms with Crippen LogP contribution in [0.25, 0.3) is 0 Å². The van der Waals surface area contributed by atoms with Crippen molar-refractivity contribution in [3.8, 4) is 0 Å². The third kappa shape index (κ3) is 3.77. The highest BCUT2D eigenvalue weighted by Crippen LogP contribution is 2.22. The number of hydrogen-bond acceptors (Lipinski definition) is 3. The van der Waals surface area contributed by atoms with Crippen LogP contribution >= 0.6 is 12.4 Å². The highest BCUT2D eigenvalue weighted by molar-refractivity contribution is 5.91. The van der Waals surface area contributed by atoms with Crippen LogP contribution < -0.4 is 10.6 Å². The smallest absolute Gasteiger partial charge is 0.287 e. The largest absolute Gasteiger partial charge is 0.456 e. The van der Waals surface area contributed by atoms with Crippen molar-refractivity contribution in [2.24, 2.45) is 0 Å². The average molecular weight is 335 g/mol. The van der Waals surface area contributed by atoms with E-state index in [0.29, 0.717) is 12.3 Å². The summed E-state index contributed by atoms with van der Waals surface area (Å²) in [6.07, 6.45) is 1.84. The molecule has 1 aliphatic rings. The van der Waals surface area contributed by atoms with Gasteiger partial charge in [-0.2, -0.15) is 0 Å². The molecule has 2 N–H and O–H groups in total. The van der Waals surface area contributed by atoms with E-state index in [4.69, 9.17) is 4.42 Å².